The minimum Gasteiger partial charge on any atom is -0.493 e. The number of hydrogen-bond donors (Lipinski definition) is 2. The Bertz CT molecular complexity index is 1200. The van der Waals surface area contributed by atoms with Crippen LogP contribution in [0.25, 0.3) is 22.2 Å². The summed E-state index contributed by atoms with van der Waals surface area (Å²) in [6.45, 7) is 3.47. The molecule has 0 unspecified atom stereocenters. The van der Waals surface area contributed by atoms with Crippen LogP contribution in [0, 0.1) is 0 Å². The third-order valence-corrected chi connectivity index (χ3v) is 5.47. The minimum absolute atomic E-state index is 0.0383. The second-order valence-electron chi connectivity index (χ2n) is 7.96. The summed E-state index contributed by atoms with van der Waals surface area (Å²) in [5, 5.41) is 17.5. The average molecular weight is 445 g/mol. The molecule has 4 rings (SSSR count). The first kappa shape index (κ1) is 22.4. The Morgan fingerprint density at radius 1 is 1.06 bits per heavy atom. The molecule has 0 saturated heterocycles. The highest BCUT2D eigenvalue weighted by Crippen LogP contribution is 2.35. The Labute approximate surface area is 193 Å². The van der Waals surface area contributed by atoms with Crippen LogP contribution < -0.4 is 10.1 Å². The fraction of sp³-hybridized carbons (Fsp3) is 0.259. The number of fused-ring (bicyclic) bond motifs is 1. The van der Waals surface area contributed by atoms with Crippen LogP contribution in [-0.2, 0) is 17.6 Å². The number of aromatic nitrogens is 1. The maximum atomic E-state index is 10.8. The van der Waals surface area contributed by atoms with Crippen LogP contribution in [0.5, 0.6) is 5.75 Å². The molecule has 2 N–H and O–H groups in total. The number of anilines is 1. The van der Waals surface area contributed by atoms with Gasteiger partial charge in [-0.2, -0.15) is 0 Å². The molecule has 0 aliphatic carbocycles. The summed E-state index contributed by atoms with van der Waals surface area (Å²) in [5.74, 6) is 0.0215. The van der Waals surface area contributed by atoms with E-state index in [4.69, 9.17) is 14.4 Å². The van der Waals surface area contributed by atoms with Gasteiger partial charge >= 0.3 is 5.97 Å². The van der Waals surface area contributed by atoms with E-state index in [0.717, 1.165) is 70.6 Å². The molecule has 33 heavy (non-hydrogen) atoms. The monoisotopic (exact) mass is 444 g/mol. The molecule has 0 saturated carbocycles. The second kappa shape index (κ2) is 10.7. The smallest absolute Gasteiger partial charge is 0.307 e. The number of rotatable bonds is 11. The SMILES string of the molecule is CCCc1c(OCCCNc2ccc(CC(=O)O)cc2)ccc2c(-c3ccccc3)noc12. The molecule has 1 heterocycles. The lowest BCUT2D eigenvalue weighted by Crippen LogP contribution is -2.08. The van der Waals surface area contributed by atoms with E-state index in [-0.39, 0.29) is 6.42 Å². The normalized spacial score (nSPS) is 10.9. The van der Waals surface area contributed by atoms with Crippen LogP contribution >= 0.6 is 0 Å². The zero-order valence-electron chi connectivity index (χ0n) is 18.7. The minimum atomic E-state index is -0.824. The van der Waals surface area contributed by atoms with Crippen LogP contribution in [0.1, 0.15) is 30.9 Å². The maximum Gasteiger partial charge on any atom is 0.307 e. The molecule has 6 nitrogen and oxygen atoms in total. The van der Waals surface area contributed by atoms with E-state index in [0.29, 0.717) is 6.61 Å². The van der Waals surface area contributed by atoms with E-state index in [1.807, 2.05) is 66.7 Å². The fourth-order valence-corrected chi connectivity index (χ4v) is 3.87. The number of nitrogens with one attached hydrogen (secondary N) is 1. The van der Waals surface area contributed by atoms with Crippen LogP contribution in [-0.4, -0.2) is 29.4 Å². The predicted octanol–water partition coefficient (Wildman–Crippen LogP) is 5.96. The van der Waals surface area contributed by atoms with Gasteiger partial charge in [-0.25, -0.2) is 0 Å². The fourth-order valence-electron chi connectivity index (χ4n) is 3.87. The van der Waals surface area contributed by atoms with Gasteiger partial charge in [0.05, 0.1) is 18.4 Å². The lowest BCUT2D eigenvalue weighted by atomic mass is 10.0. The average Bonchev–Trinajstić information content (AvgIpc) is 3.26. The number of carboxylic acids is 1. The lowest BCUT2D eigenvalue weighted by molar-refractivity contribution is -0.136. The van der Waals surface area contributed by atoms with Crippen molar-refractivity contribution < 1.29 is 19.2 Å². The van der Waals surface area contributed by atoms with Gasteiger partial charge in [0.25, 0.3) is 0 Å². The summed E-state index contributed by atoms with van der Waals surface area (Å²) in [5.41, 5.74) is 5.51. The quantitative estimate of drug-likeness (QED) is 0.278. The molecule has 1 aromatic heterocycles. The summed E-state index contributed by atoms with van der Waals surface area (Å²) >= 11 is 0. The zero-order valence-corrected chi connectivity index (χ0v) is 18.7. The van der Waals surface area contributed by atoms with Gasteiger partial charge in [-0.1, -0.05) is 61.0 Å². The van der Waals surface area contributed by atoms with Gasteiger partial charge in [0.15, 0.2) is 5.58 Å². The third-order valence-electron chi connectivity index (χ3n) is 5.47. The number of carboxylic acid groups (broad SMARTS) is 1. The summed E-state index contributed by atoms with van der Waals surface area (Å²) in [6.07, 6.45) is 2.70. The first-order valence-corrected chi connectivity index (χ1v) is 11.3. The maximum absolute atomic E-state index is 10.8. The summed E-state index contributed by atoms with van der Waals surface area (Å²) in [7, 11) is 0. The van der Waals surface area contributed by atoms with E-state index in [2.05, 4.69) is 17.4 Å². The summed E-state index contributed by atoms with van der Waals surface area (Å²) in [4.78, 5) is 10.8. The van der Waals surface area contributed by atoms with Crippen molar-refractivity contribution in [1.29, 1.82) is 0 Å². The number of carbonyl (C=O) groups is 1. The van der Waals surface area contributed by atoms with Gasteiger partial charge in [0.2, 0.25) is 0 Å². The van der Waals surface area contributed by atoms with Gasteiger partial charge in [-0.15, -0.1) is 0 Å². The Balaban J connectivity index is 1.37. The topological polar surface area (TPSA) is 84.6 Å². The van der Waals surface area contributed by atoms with E-state index >= 15 is 0 Å². The molecule has 0 atom stereocenters. The summed E-state index contributed by atoms with van der Waals surface area (Å²) < 4.78 is 11.9. The van der Waals surface area contributed by atoms with Gasteiger partial charge < -0.3 is 19.7 Å². The highest BCUT2D eigenvalue weighted by molar-refractivity contribution is 5.94. The van der Waals surface area contributed by atoms with Gasteiger partial charge in [0, 0.05) is 23.4 Å². The Hall–Kier alpha value is -3.80. The molecule has 0 spiro atoms. The van der Waals surface area contributed by atoms with E-state index in [1.54, 1.807) is 0 Å². The summed E-state index contributed by atoms with van der Waals surface area (Å²) in [6, 6.07) is 21.6. The van der Waals surface area contributed by atoms with Crippen LogP contribution in [0.2, 0.25) is 0 Å². The standard InChI is InChI=1S/C27H28N2O4/c1-2-7-22-24(15-14-23-26(29-33-27(22)23)20-8-4-3-5-9-20)32-17-6-16-28-21-12-10-19(11-13-21)18-25(30)31/h3-5,8-15,28H,2,6-7,16-18H2,1H3,(H,30,31). The highest BCUT2D eigenvalue weighted by Gasteiger charge is 2.17. The molecule has 0 amide bonds. The predicted molar refractivity (Wildman–Crippen MR) is 130 cm³/mol. The van der Waals surface area contributed by atoms with Crippen LogP contribution in [0.4, 0.5) is 5.69 Å². The van der Waals surface area contributed by atoms with Gasteiger partial charge in [-0.3, -0.25) is 4.79 Å². The van der Waals surface area contributed by atoms with E-state index in [9.17, 15) is 4.79 Å². The van der Waals surface area contributed by atoms with Crippen molar-refractivity contribution in [3.05, 3.63) is 77.9 Å². The molecule has 4 aromatic rings. The Kier molecular flexibility index (Phi) is 7.25. The molecular weight excluding hydrogens is 416 g/mol. The third kappa shape index (κ3) is 5.52. The van der Waals surface area contributed by atoms with Crippen molar-refractivity contribution in [2.24, 2.45) is 0 Å². The van der Waals surface area contributed by atoms with E-state index in [1.165, 1.54) is 0 Å². The number of benzene rings is 3. The number of ether oxygens (including phenoxy) is 1. The van der Waals surface area contributed by atoms with Gasteiger partial charge in [-0.05, 0) is 42.7 Å². The molecule has 3 aromatic carbocycles. The van der Waals surface area contributed by atoms with Crippen molar-refractivity contribution >= 4 is 22.6 Å². The van der Waals surface area contributed by atoms with Crippen molar-refractivity contribution in [2.75, 3.05) is 18.5 Å². The molecule has 6 heteroatoms. The lowest BCUT2D eigenvalue weighted by Gasteiger charge is -2.12. The molecule has 0 radical (unpaired) electrons. The molecule has 0 aliphatic rings. The number of aliphatic carboxylic acids is 1. The zero-order chi connectivity index (χ0) is 23.0. The molecule has 0 bridgehead atoms. The second-order valence-corrected chi connectivity index (χ2v) is 7.96. The Morgan fingerprint density at radius 3 is 2.58 bits per heavy atom. The van der Waals surface area contributed by atoms with Crippen molar-refractivity contribution in [3.8, 4) is 17.0 Å². The number of aryl methyl sites for hydroxylation is 1. The first-order chi connectivity index (χ1) is 16.2. The highest BCUT2D eigenvalue weighted by atomic mass is 16.5. The first-order valence-electron chi connectivity index (χ1n) is 11.3. The number of nitrogens with zero attached hydrogens (tertiary/aromatic N) is 1. The van der Waals surface area contributed by atoms with Crippen molar-refractivity contribution in [3.63, 3.8) is 0 Å². The Morgan fingerprint density at radius 2 is 1.85 bits per heavy atom. The van der Waals surface area contributed by atoms with Crippen LogP contribution in [0.3, 0.4) is 0 Å². The van der Waals surface area contributed by atoms with Crippen molar-refractivity contribution in [1.82, 2.24) is 5.16 Å². The molecule has 170 valence electrons. The van der Waals surface area contributed by atoms with Gasteiger partial charge in [0.1, 0.15) is 11.4 Å². The molecule has 0 fully saturated rings. The number of hydrogen-bond acceptors (Lipinski definition) is 5. The molecule has 0 aliphatic heterocycles. The van der Waals surface area contributed by atoms with Crippen molar-refractivity contribution in [2.45, 2.75) is 32.6 Å². The van der Waals surface area contributed by atoms with E-state index < -0.39 is 5.97 Å². The van der Waals surface area contributed by atoms with Crippen LogP contribution in [0.15, 0.2) is 71.3 Å². The largest absolute Gasteiger partial charge is 0.493 e. The molecular formula is C27H28N2O4.